The van der Waals surface area contributed by atoms with Gasteiger partial charge in [0.15, 0.2) is 0 Å². The summed E-state index contributed by atoms with van der Waals surface area (Å²) < 4.78 is 31.0. The molecule has 18 heavy (non-hydrogen) atoms. The van der Waals surface area contributed by atoms with Gasteiger partial charge in [0.2, 0.25) is 10.0 Å². The van der Waals surface area contributed by atoms with Crippen molar-refractivity contribution in [1.82, 2.24) is 4.31 Å². The second kappa shape index (κ2) is 6.17. The Hall–Kier alpha value is -1.11. The van der Waals surface area contributed by atoms with E-state index in [0.717, 1.165) is 0 Å². The number of para-hydroxylation sites is 1. The summed E-state index contributed by atoms with van der Waals surface area (Å²) in [6.07, 6.45) is 0.0860. The van der Waals surface area contributed by atoms with Gasteiger partial charge in [-0.2, -0.15) is 4.31 Å². The van der Waals surface area contributed by atoms with Crippen LogP contribution in [0.3, 0.4) is 0 Å². The van der Waals surface area contributed by atoms with E-state index in [1.54, 1.807) is 18.2 Å². The average Bonchev–Trinajstić information content (AvgIpc) is 2.28. The number of benzene rings is 1. The van der Waals surface area contributed by atoms with Crippen molar-refractivity contribution in [3.05, 3.63) is 24.3 Å². The molecule has 0 unspecified atom stereocenters. The number of nitrogens with zero attached hydrogens (tertiary/aromatic N) is 1. The van der Waals surface area contributed by atoms with Gasteiger partial charge >= 0.3 is 0 Å². The number of rotatable bonds is 6. The molecule has 1 rings (SSSR count). The van der Waals surface area contributed by atoms with Crippen molar-refractivity contribution < 1.29 is 13.2 Å². The quantitative estimate of drug-likeness (QED) is 0.793. The average molecular weight is 272 g/mol. The number of hydrogen-bond acceptors (Lipinski definition) is 4. The molecule has 1 aromatic rings. The molecule has 0 aliphatic rings. The maximum atomic E-state index is 12.2. The molecule has 0 amide bonds. The summed E-state index contributed by atoms with van der Waals surface area (Å²) in [6.45, 7) is 4.47. The number of likely N-dealkylation sites (N-methyl/N-ethyl adjacent to an activating group) is 1. The predicted molar refractivity (Wildman–Crippen MR) is 71.8 cm³/mol. The molecule has 0 saturated heterocycles. The van der Waals surface area contributed by atoms with Gasteiger partial charge < -0.3 is 10.5 Å². The summed E-state index contributed by atoms with van der Waals surface area (Å²) in [6, 6.07) is 6.44. The van der Waals surface area contributed by atoms with Crippen LogP contribution in [-0.2, 0) is 14.8 Å². The fourth-order valence-electron chi connectivity index (χ4n) is 1.42. The Morgan fingerprint density at radius 2 is 1.94 bits per heavy atom. The number of nitrogen functional groups attached to an aromatic ring is 1. The van der Waals surface area contributed by atoms with Gasteiger partial charge in [0.25, 0.3) is 0 Å². The van der Waals surface area contributed by atoms with E-state index < -0.39 is 10.0 Å². The SMILES string of the molecule is CC(C)OCCN(C)S(=O)(=O)c1ccccc1N. The molecule has 2 N–H and O–H groups in total. The molecule has 0 aliphatic heterocycles. The highest BCUT2D eigenvalue weighted by Crippen LogP contribution is 2.20. The minimum atomic E-state index is -3.54. The summed E-state index contributed by atoms with van der Waals surface area (Å²) in [7, 11) is -2.02. The van der Waals surface area contributed by atoms with Crippen molar-refractivity contribution >= 4 is 15.7 Å². The number of anilines is 1. The topological polar surface area (TPSA) is 72.6 Å². The highest BCUT2D eigenvalue weighted by Gasteiger charge is 2.22. The Bertz CT molecular complexity index is 486. The van der Waals surface area contributed by atoms with Crippen LogP contribution in [-0.4, -0.2) is 39.0 Å². The lowest BCUT2D eigenvalue weighted by molar-refractivity contribution is 0.0737. The van der Waals surface area contributed by atoms with Crippen molar-refractivity contribution in [2.45, 2.75) is 24.8 Å². The van der Waals surface area contributed by atoms with Crippen molar-refractivity contribution in [1.29, 1.82) is 0 Å². The van der Waals surface area contributed by atoms with E-state index in [1.165, 1.54) is 17.4 Å². The zero-order chi connectivity index (χ0) is 13.8. The first-order valence-electron chi connectivity index (χ1n) is 5.78. The molecule has 0 heterocycles. The largest absolute Gasteiger partial charge is 0.398 e. The van der Waals surface area contributed by atoms with Crippen LogP contribution >= 0.6 is 0 Å². The van der Waals surface area contributed by atoms with Gasteiger partial charge in [-0.05, 0) is 26.0 Å². The summed E-state index contributed by atoms with van der Waals surface area (Å²) in [4.78, 5) is 0.136. The van der Waals surface area contributed by atoms with Crippen LogP contribution in [0.1, 0.15) is 13.8 Å². The molecule has 102 valence electrons. The highest BCUT2D eigenvalue weighted by molar-refractivity contribution is 7.89. The van der Waals surface area contributed by atoms with E-state index in [0.29, 0.717) is 13.2 Å². The van der Waals surface area contributed by atoms with Crippen molar-refractivity contribution in [3.63, 3.8) is 0 Å². The molecule has 6 heteroatoms. The predicted octanol–water partition coefficient (Wildman–Crippen LogP) is 1.31. The van der Waals surface area contributed by atoms with Crippen LogP contribution < -0.4 is 5.73 Å². The fourth-order valence-corrected chi connectivity index (χ4v) is 2.69. The molecule has 0 aliphatic carbocycles. The van der Waals surface area contributed by atoms with E-state index in [2.05, 4.69) is 0 Å². The van der Waals surface area contributed by atoms with E-state index >= 15 is 0 Å². The molecule has 5 nitrogen and oxygen atoms in total. The summed E-state index contributed by atoms with van der Waals surface area (Å²) >= 11 is 0. The lowest BCUT2D eigenvalue weighted by atomic mass is 10.3. The molecule has 1 aromatic carbocycles. The fraction of sp³-hybridized carbons (Fsp3) is 0.500. The lowest BCUT2D eigenvalue weighted by Crippen LogP contribution is -2.31. The minimum absolute atomic E-state index is 0.0860. The molecular weight excluding hydrogens is 252 g/mol. The van der Waals surface area contributed by atoms with Crippen LogP contribution in [0.5, 0.6) is 0 Å². The second-order valence-electron chi connectivity index (χ2n) is 4.28. The normalized spacial score (nSPS) is 12.3. The first-order chi connectivity index (χ1) is 8.35. The molecule has 0 atom stereocenters. The maximum Gasteiger partial charge on any atom is 0.244 e. The third-order valence-corrected chi connectivity index (χ3v) is 4.40. The van der Waals surface area contributed by atoms with Crippen LogP contribution in [0.2, 0.25) is 0 Å². The van der Waals surface area contributed by atoms with Gasteiger partial charge in [0.1, 0.15) is 4.90 Å². The van der Waals surface area contributed by atoms with Crippen molar-refractivity contribution in [3.8, 4) is 0 Å². The third kappa shape index (κ3) is 3.69. The Morgan fingerprint density at radius 1 is 1.33 bits per heavy atom. The monoisotopic (exact) mass is 272 g/mol. The Balaban J connectivity index is 2.78. The van der Waals surface area contributed by atoms with Crippen LogP contribution in [0.15, 0.2) is 29.2 Å². The summed E-state index contributed by atoms with van der Waals surface area (Å²) in [5, 5.41) is 0. The molecule has 0 fully saturated rings. The zero-order valence-corrected chi connectivity index (χ0v) is 11.8. The molecule has 0 aromatic heterocycles. The summed E-state index contributed by atoms with van der Waals surface area (Å²) in [5.74, 6) is 0. The lowest BCUT2D eigenvalue weighted by Gasteiger charge is -2.18. The van der Waals surface area contributed by atoms with E-state index in [4.69, 9.17) is 10.5 Å². The number of sulfonamides is 1. The molecule has 0 radical (unpaired) electrons. The molecule has 0 bridgehead atoms. The highest BCUT2D eigenvalue weighted by atomic mass is 32.2. The smallest absolute Gasteiger partial charge is 0.244 e. The van der Waals surface area contributed by atoms with Crippen LogP contribution in [0, 0.1) is 0 Å². The van der Waals surface area contributed by atoms with Crippen LogP contribution in [0.25, 0.3) is 0 Å². The standard InChI is InChI=1S/C12H20N2O3S/c1-10(2)17-9-8-14(3)18(15,16)12-7-5-4-6-11(12)13/h4-7,10H,8-9,13H2,1-3H3. The third-order valence-electron chi connectivity index (χ3n) is 2.46. The van der Waals surface area contributed by atoms with Gasteiger partial charge in [-0.25, -0.2) is 8.42 Å². The van der Waals surface area contributed by atoms with Gasteiger partial charge in [0.05, 0.1) is 18.4 Å². The molecule has 0 spiro atoms. The minimum Gasteiger partial charge on any atom is -0.398 e. The van der Waals surface area contributed by atoms with E-state index in [1.807, 2.05) is 13.8 Å². The number of nitrogens with two attached hydrogens (primary N) is 1. The second-order valence-corrected chi connectivity index (χ2v) is 6.30. The Kier molecular flexibility index (Phi) is 5.13. The van der Waals surface area contributed by atoms with E-state index in [-0.39, 0.29) is 16.7 Å². The molecule has 0 saturated carbocycles. The number of ether oxygens (including phenoxy) is 1. The first-order valence-corrected chi connectivity index (χ1v) is 7.22. The zero-order valence-electron chi connectivity index (χ0n) is 11.0. The number of hydrogen-bond donors (Lipinski definition) is 1. The Morgan fingerprint density at radius 3 is 2.50 bits per heavy atom. The van der Waals surface area contributed by atoms with Gasteiger partial charge in [0, 0.05) is 13.6 Å². The Labute approximate surface area is 109 Å². The molecular formula is C12H20N2O3S. The van der Waals surface area contributed by atoms with Gasteiger partial charge in [-0.15, -0.1) is 0 Å². The van der Waals surface area contributed by atoms with Crippen LogP contribution in [0.4, 0.5) is 5.69 Å². The van der Waals surface area contributed by atoms with Gasteiger partial charge in [-0.1, -0.05) is 12.1 Å². The van der Waals surface area contributed by atoms with E-state index in [9.17, 15) is 8.42 Å². The summed E-state index contributed by atoms with van der Waals surface area (Å²) in [5.41, 5.74) is 5.94. The first kappa shape index (κ1) is 14.9. The van der Waals surface area contributed by atoms with Crippen molar-refractivity contribution in [2.75, 3.05) is 25.9 Å². The van der Waals surface area contributed by atoms with Crippen molar-refractivity contribution in [2.24, 2.45) is 0 Å². The maximum absolute atomic E-state index is 12.2. The van der Waals surface area contributed by atoms with Gasteiger partial charge in [-0.3, -0.25) is 0 Å².